The maximum atomic E-state index is 12.7. The number of nitrogens with one attached hydrogen (secondary N) is 1. The lowest BCUT2D eigenvalue weighted by Crippen LogP contribution is -2.40. The van der Waals surface area contributed by atoms with Gasteiger partial charge in [0.25, 0.3) is 0 Å². The molecule has 0 bridgehead atoms. The molecule has 158 valence electrons. The Morgan fingerprint density at radius 3 is 2.55 bits per heavy atom. The minimum absolute atomic E-state index is 0.0191. The summed E-state index contributed by atoms with van der Waals surface area (Å²) in [7, 11) is 3.10. The highest BCUT2D eigenvalue weighted by atomic mass is 16.5. The normalized spacial score (nSPS) is 16.6. The Balaban J connectivity index is 1.46. The third-order valence-electron chi connectivity index (χ3n) is 5.21. The fourth-order valence-electron chi connectivity index (χ4n) is 3.63. The van der Waals surface area contributed by atoms with Crippen LogP contribution in [0.4, 0.5) is 10.5 Å². The van der Waals surface area contributed by atoms with E-state index in [-0.39, 0.29) is 24.4 Å². The summed E-state index contributed by atoms with van der Waals surface area (Å²) in [6, 6.07) is 5.08. The summed E-state index contributed by atoms with van der Waals surface area (Å²) in [6.07, 6.45) is 2.25. The van der Waals surface area contributed by atoms with Gasteiger partial charge in [0, 0.05) is 50.9 Å². The molecule has 1 aromatic carbocycles. The third-order valence-corrected chi connectivity index (χ3v) is 5.21. The second-order valence-electron chi connectivity index (χ2n) is 7.08. The highest BCUT2D eigenvalue weighted by Gasteiger charge is 2.31. The molecule has 2 heterocycles. The van der Waals surface area contributed by atoms with E-state index in [9.17, 15) is 14.4 Å². The molecule has 0 aliphatic carbocycles. The summed E-state index contributed by atoms with van der Waals surface area (Å²) in [4.78, 5) is 41.4. The predicted molar refractivity (Wildman–Crippen MR) is 107 cm³/mol. The van der Waals surface area contributed by atoms with E-state index in [1.807, 2.05) is 4.90 Å². The van der Waals surface area contributed by atoms with Crippen LogP contribution in [-0.2, 0) is 9.59 Å². The van der Waals surface area contributed by atoms with Gasteiger partial charge in [0.1, 0.15) is 6.54 Å². The summed E-state index contributed by atoms with van der Waals surface area (Å²) >= 11 is 0. The van der Waals surface area contributed by atoms with E-state index in [4.69, 9.17) is 9.47 Å². The molecular weight excluding hydrogens is 376 g/mol. The van der Waals surface area contributed by atoms with Gasteiger partial charge in [0.05, 0.1) is 14.2 Å². The number of hydrogen-bond donors (Lipinski definition) is 1. The molecule has 0 radical (unpaired) electrons. The molecule has 4 amide bonds. The number of carbonyl (C=O) groups is 3. The summed E-state index contributed by atoms with van der Waals surface area (Å²) in [5, 5.41) is 2.83. The molecule has 2 aliphatic rings. The van der Waals surface area contributed by atoms with Gasteiger partial charge in [-0.05, 0) is 25.0 Å². The highest BCUT2D eigenvalue weighted by molar-refractivity contribution is 5.96. The molecule has 2 saturated heterocycles. The van der Waals surface area contributed by atoms with E-state index >= 15 is 0 Å². The third kappa shape index (κ3) is 4.90. The zero-order chi connectivity index (χ0) is 20.8. The van der Waals surface area contributed by atoms with Crippen molar-refractivity contribution in [3.63, 3.8) is 0 Å². The van der Waals surface area contributed by atoms with Crippen LogP contribution in [0.5, 0.6) is 11.5 Å². The number of hydrogen-bond acceptors (Lipinski definition) is 5. The Kier molecular flexibility index (Phi) is 6.79. The standard InChI is InChI=1S/C20H28N4O5/c1-28-16-7-6-15(13-17(16)29-2)24-12-11-23(20(24)27)14-18(25)21-8-4-10-22-9-3-5-19(22)26/h6-7,13H,3-5,8-12,14H2,1-2H3,(H,21,25). The average molecular weight is 404 g/mol. The van der Waals surface area contributed by atoms with Crippen LogP contribution in [0.3, 0.4) is 0 Å². The molecule has 2 aliphatic heterocycles. The van der Waals surface area contributed by atoms with Gasteiger partial charge in [-0.3, -0.25) is 14.5 Å². The first-order valence-electron chi connectivity index (χ1n) is 9.86. The zero-order valence-corrected chi connectivity index (χ0v) is 17.0. The molecular formula is C20H28N4O5. The lowest BCUT2D eigenvalue weighted by molar-refractivity contribution is -0.127. The average Bonchev–Trinajstić information content (AvgIpc) is 3.30. The van der Waals surface area contributed by atoms with E-state index in [1.165, 1.54) is 4.90 Å². The molecule has 1 N–H and O–H groups in total. The SMILES string of the molecule is COc1ccc(N2CCN(CC(=O)NCCCN3CCCC3=O)C2=O)cc1OC. The van der Waals surface area contributed by atoms with Crippen molar-refractivity contribution in [1.82, 2.24) is 15.1 Å². The minimum Gasteiger partial charge on any atom is -0.493 e. The topological polar surface area (TPSA) is 91.4 Å². The second kappa shape index (κ2) is 9.49. The van der Waals surface area contributed by atoms with Crippen LogP contribution in [0.15, 0.2) is 18.2 Å². The van der Waals surface area contributed by atoms with E-state index in [0.717, 1.165) is 13.0 Å². The Hall–Kier alpha value is -2.97. The molecule has 9 heteroatoms. The van der Waals surface area contributed by atoms with Gasteiger partial charge >= 0.3 is 6.03 Å². The van der Waals surface area contributed by atoms with E-state index in [1.54, 1.807) is 37.3 Å². The van der Waals surface area contributed by atoms with Crippen LogP contribution in [0, 0.1) is 0 Å². The Morgan fingerprint density at radius 2 is 1.86 bits per heavy atom. The monoisotopic (exact) mass is 404 g/mol. The number of urea groups is 1. The first-order chi connectivity index (χ1) is 14.0. The molecule has 0 atom stereocenters. The fraction of sp³-hybridized carbons (Fsp3) is 0.550. The number of rotatable bonds is 9. The van der Waals surface area contributed by atoms with Crippen LogP contribution in [0.2, 0.25) is 0 Å². The lowest BCUT2D eigenvalue weighted by atomic mass is 10.2. The van der Waals surface area contributed by atoms with Crippen molar-refractivity contribution >= 4 is 23.5 Å². The second-order valence-corrected chi connectivity index (χ2v) is 7.08. The van der Waals surface area contributed by atoms with Gasteiger partial charge in [-0.1, -0.05) is 0 Å². The van der Waals surface area contributed by atoms with E-state index in [2.05, 4.69) is 5.32 Å². The van der Waals surface area contributed by atoms with Crippen molar-refractivity contribution in [3.05, 3.63) is 18.2 Å². The number of anilines is 1. The van der Waals surface area contributed by atoms with Crippen LogP contribution >= 0.6 is 0 Å². The largest absolute Gasteiger partial charge is 0.493 e. The van der Waals surface area contributed by atoms with Gasteiger partial charge in [-0.2, -0.15) is 0 Å². The van der Waals surface area contributed by atoms with Crippen molar-refractivity contribution in [1.29, 1.82) is 0 Å². The maximum absolute atomic E-state index is 12.7. The number of methoxy groups -OCH3 is 2. The number of benzene rings is 1. The number of likely N-dealkylation sites (tertiary alicyclic amines) is 1. The molecule has 3 rings (SSSR count). The molecule has 0 aromatic heterocycles. The quantitative estimate of drug-likeness (QED) is 0.622. The molecule has 2 fully saturated rings. The van der Waals surface area contributed by atoms with Gasteiger partial charge in [-0.25, -0.2) is 4.79 Å². The first-order valence-corrected chi connectivity index (χ1v) is 9.86. The van der Waals surface area contributed by atoms with E-state index in [0.29, 0.717) is 56.2 Å². The molecule has 9 nitrogen and oxygen atoms in total. The van der Waals surface area contributed by atoms with E-state index < -0.39 is 0 Å². The Labute approximate surface area is 170 Å². The summed E-state index contributed by atoms with van der Waals surface area (Å²) in [5.74, 6) is 1.13. The maximum Gasteiger partial charge on any atom is 0.325 e. The van der Waals surface area contributed by atoms with Crippen LogP contribution in [-0.4, -0.2) is 81.1 Å². The molecule has 0 spiro atoms. The zero-order valence-electron chi connectivity index (χ0n) is 17.0. The van der Waals surface area contributed by atoms with Crippen LogP contribution in [0.1, 0.15) is 19.3 Å². The lowest BCUT2D eigenvalue weighted by Gasteiger charge is -2.20. The van der Waals surface area contributed by atoms with Crippen molar-refractivity contribution < 1.29 is 23.9 Å². The summed E-state index contributed by atoms with van der Waals surface area (Å²) < 4.78 is 10.5. The van der Waals surface area contributed by atoms with Gasteiger partial charge in [0.2, 0.25) is 11.8 Å². The van der Waals surface area contributed by atoms with Crippen molar-refractivity contribution in [2.24, 2.45) is 0 Å². The smallest absolute Gasteiger partial charge is 0.325 e. The van der Waals surface area contributed by atoms with Gasteiger partial charge in [-0.15, -0.1) is 0 Å². The highest BCUT2D eigenvalue weighted by Crippen LogP contribution is 2.32. The Bertz CT molecular complexity index is 769. The van der Waals surface area contributed by atoms with Crippen molar-refractivity contribution in [2.45, 2.75) is 19.3 Å². The van der Waals surface area contributed by atoms with Crippen LogP contribution in [0.25, 0.3) is 0 Å². The fourth-order valence-corrected chi connectivity index (χ4v) is 3.63. The number of carbonyl (C=O) groups excluding carboxylic acids is 3. The Morgan fingerprint density at radius 1 is 1.07 bits per heavy atom. The number of amides is 4. The molecule has 0 unspecified atom stereocenters. The first kappa shape index (κ1) is 20.8. The number of ether oxygens (including phenoxy) is 2. The van der Waals surface area contributed by atoms with Crippen molar-refractivity contribution in [3.8, 4) is 11.5 Å². The number of nitrogens with zero attached hydrogens (tertiary/aromatic N) is 3. The van der Waals surface area contributed by atoms with Gasteiger partial charge < -0.3 is 24.6 Å². The molecule has 1 aromatic rings. The van der Waals surface area contributed by atoms with Crippen molar-refractivity contribution in [2.75, 3.05) is 58.4 Å². The predicted octanol–water partition coefficient (Wildman–Crippen LogP) is 1.07. The minimum atomic E-state index is -0.213. The van der Waals surface area contributed by atoms with Gasteiger partial charge in [0.15, 0.2) is 11.5 Å². The molecule has 0 saturated carbocycles. The van der Waals surface area contributed by atoms with Crippen LogP contribution < -0.4 is 19.7 Å². The molecule has 29 heavy (non-hydrogen) atoms. The summed E-state index contributed by atoms with van der Waals surface area (Å²) in [6.45, 7) is 2.95. The summed E-state index contributed by atoms with van der Waals surface area (Å²) in [5.41, 5.74) is 0.700.